The van der Waals surface area contributed by atoms with Crippen molar-refractivity contribution in [3.05, 3.63) is 252 Å². The molecule has 0 saturated heterocycles. The lowest BCUT2D eigenvalue weighted by Gasteiger charge is -2.25. The predicted molar refractivity (Wildman–Crippen MR) is 322 cm³/mol. The first kappa shape index (κ1) is 42.3. The fourth-order valence-corrected chi connectivity index (χ4v) is 13.8. The van der Waals surface area contributed by atoms with Crippen LogP contribution in [0.2, 0.25) is 0 Å². The number of para-hydroxylation sites is 4. The predicted octanol–water partition coefficient (Wildman–Crippen LogP) is 20.7. The SMILES string of the molecule is C1=C(c2ccc3oc4ccccc4c3c2)CCc2c1c1c3cc(-c4ccc5oc6ccccc6c5c4)ccc3c3ccc(-c4ccc5oc6ccccc6c5c4)cc3c1c1cc(C3=CC=C4Oc5ccccc5C4C3)ccc21. The Hall–Kier alpha value is -9.90. The number of aryl methyl sites for hydroxylation is 1. The third-order valence-electron chi connectivity index (χ3n) is 17.6. The molecule has 0 fully saturated rings. The molecule has 4 nitrogen and oxygen atoms in total. The lowest BCUT2D eigenvalue weighted by molar-refractivity contribution is 0.426. The molecule has 4 heteroatoms. The van der Waals surface area contributed by atoms with Gasteiger partial charge in [-0.2, -0.15) is 0 Å². The molecule has 4 heterocycles. The van der Waals surface area contributed by atoms with Crippen LogP contribution < -0.4 is 4.74 Å². The monoisotopic (exact) mass is 996 g/mol. The first-order chi connectivity index (χ1) is 38.6. The number of hydrogen-bond donors (Lipinski definition) is 0. The molecular formula is C74H44O4. The van der Waals surface area contributed by atoms with Gasteiger partial charge in [0.05, 0.1) is 0 Å². The first-order valence-electron chi connectivity index (χ1n) is 27.2. The second-order valence-electron chi connectivity index (χ2n) is 21.7. The summed E-state index contributed by atoms with van der Waals surface area (Å²) in [5.41, 5.74) is 19.1. The number of hydrogen-bond acceptors (Lipinski definition) is 4. The van der Waals surface area contributed by atoms with Gasteiger partial charge in [-0.3, -0.25) is 0 Å². The van der Waals surface area contributed by atoms with Gasteiger partial charge in [-0.05, 0) is 203 Å². The second-order valence-corrected chi connectivity index (χ2v) is 21.7. The topological polar surface area (TPSA) is 48.7 Å². The summed E-state index contributed by atoms with van der Waals surface area (Å²) in [7, 11) is 0. The number of rotatable bonds is 4. The molecule has 1 unspecified atom stereocenters. The average Bonchev–Trinajstić information content (AvgIpc) is 4.28. The van der Waals surface area contributed by atoms with E-state index >= 15 is 0 Å². The molecule has 78 heavy (non-hydrogen) atoms. The molecule has 18 rings (SSSR count). The lowest BCUT2D eigenvalue weighted by Crippen LogP contribution is -2.05. The van der Waals surface area contributed by atoms with Crippen LogP contribution in [0.25, 0.3) is 148 Å². The number of fused-ring (bicyclic) bond motifs is 23. The Morgan fingerprint density at radius 1 is 0.321 bits per heavy atom. The van der Waals surface area contributed by atoms with Gasteiger partial charge in [0, 0.05) is 43.8 Å². The van der Waals surface area contributed by atoms with E-state index in [9.17, 15) is 0 Å². The molecule has 15 aromatic rings. The fraction of sp³-hybridized carbons (Fsp3) is 0.0541. The van der Waals surface area contributed by atoms with Gasteiger partial charge in [0.2, 0.25) is 0 Å². The molecule has 1 atom stereocenters. The largest absolute Gasteiger partial charge is 0.461 e. The van der Waals surface area contributed by atoms with E-state index in [1.165, 1.54) is 93.2 Å². The molecule has 0 saturated carbocycles. The normalized spacial score (nSPS) is 15.2. The summed E-state index contributed by atoms with van der Waals surface area (Å²) in [6.07, 6.45) is 9.73. The molecule has 0 spiro atoms. The zero-order valence-electron chi connectivity index (χ0n) is 42.2. The maximum absolute atomic E-state index is 6.41. The summed E-state index contributed by atoms with van der Waals surface area (Å²) in [6, 6.07) is 75.4. The molecule has 3 aliphatic rings. The zero-order chi connectivity index (χ0) is 50.7. The van der Waals surface area contributed by atoms with Gasteiger partial charge in [-0.15, -0.1) is 0 Å². The molecule has 0 radical (unpaired) electrons. The van der Waals surface area contributed by atoms with Crippen molar-refractivity contribution < 1.29 is 18.0 Å². The van der Waals surface area contributed by atoms with Crippen molar-refractivity contribution in [3.63, 3.8) is 0 Å². The van der Waals surface area contributed by atoms with Crippen LogP contribution in [0.5, 0.6) is 5.75 Å². The highest BCUT2D eigenvalue weighted by molar-refractivity contribution is 6.35. The van der Waals surface area contributed by atoms with Gasteiger partial charge in [0.1, 0.15) is 45.0 Å². The summed E-state index contributed by atoms with van der Waals surface area (Å²) in [5, 5.41) is 16.9. The van der Waals surface area contributed by atoms with E-state index in [2.05, 4.69) is 206 Å². The molecule has 0 bridgehead atoms. The van der Waals surface area contributed by atoms with E-state index in [4.69, 9.17) is 18.0 Å². The van der Waals surface area contributed by atoms with Crippen LogP contribution in [0.4, 0.5) is 0 Å². The molecule has 364 valence electrons. The maximum Gasteiger partial charge on any atom is 0.135 e. The fourth-order valence-electron chi connectivity index (χ4n) is 13.8. The minimum absolute atomic E-state index is 0.190. The summed E-state index contributed by atoms with van der Waals surface area (Å²) in [6.45, 7) is 0. The number of furan rings is 3. The van der Waals surface area contributed by atoms with E-state index in [1.54, 1.807) is 0 Å². The Labute approximate surface area is 447 Å². The summed E-state index contributed by atoms with van der Waals surface area (Å²) in [4.78, 5) is 0. The van der Waals surface area contributed by atoms with Crippen LogP contribution in [0.15, 0.2) is 237 Å². The Bertz CT molecular complexity index is 5280. The zero-order valence-corrected chi connectivity index (χ0v) is 42.2. The minimum atomic E-state index is 0.190. The quantitative estimate of drug-likeness (QED) is 0.165. The van der Waals surface area contributed by atoms with E-state index in [0.29, 0.717) is 0 Å². The minimum Gasteiger partial charge on any atom is -0.461 e. The molecule has 3 aromatic heterocycles. The Morgan fingerprint density at radius 2 is 0.769 bits per heavy atom. The average molecular weight is 997 g/mol. The third-order valence-corrected chi connectivity index (χ3v) is 17.6. The van der Waals surface area contributed by atoms with Crippen LogP contribution in [0.1, 0.15) is 46.6 Å². The van der Waals surface area contributed by atoms with Crippen molar-refractivity contribution in [2.75, 3.05) is 0 Å². The van der Waals surface area contributed by atoms with Crippen LogP contribution >= 0.6 is 0 Å². The van der Waals surface area contributed by atoms with E-state index in [0.717, 1.165) is 108 Å². The van der Waals surface area contributed by atoms with Crippen molar-refractivity contribution in [2.45, 2.75) is 25.2 Å². The molecule has 0 N–H and O–H groups in total. The highest BCUT2D eigenvalue weighted by Gasteiger charge is 2.32. The number of ether oxygens (including phenoxy) is 1. The van der Waals surface area contributed by atoms with Crippen molar-refractivity contribution in [3.8, 4) is 28.0 Å². The molecule has 0 amide bonds. The summed E-state index contributed by atoms with van der Waals surface area (Å²) >= 11 is 0. The standard InChI is InChI=1S/C74H44O4/c1-5-13-65-53(9-1)57-33-45(21-29-69(57)75-65)41-17-25-49-50-26-18-43(47-23-31-71-59(35-47)55-11-3-7-15-67(55)77-71)39-63(50)74-64-40-44(48-24-32-72-60(36-48)56-12-4-8-16-68(56)78-72)20-28-52(64)51-27-19-42(38-62(51)73(74)61(49)37-41)46-22-30-70-58(34-46)54-10-2-6-14-66(54)76-70/h1-19,21-27,29-33,35-40,58H,20,28,34H2. The Kier molecular flexibility index (Phi) is 8.59. The molecular weight excluding hydrogens is 953 g/mol. The third kappa shape index (κ3) is 6.11. The van der Waals surface area contributed by atoms with Crippen molar-refractivity contribution >= 4 is 126 Å². The van der Waals surface area contributed by atoms with Gasteiger partial charge in [0.25, 0.3) is 0 Å². The molecule has 1 aliphatic heterocycles. The highest BCUT2D eigenvalue weighted by atomic mass is 16.5. The first-order valence-corrected chi connectivity index (χ1v) is 27.2. The highest BCUT2D eigenvalue weighted by Crippen LogP contribution is 2.51. The van der Waals surface area contributed by atoms with Crippen LogP contribution in [0.3, 0.4) is 0 Å². The van der Waals surface area contributed by atoms with E-state index in [-0.39, 0.29) is 5.92 Å². The molecule has 2 aliphatic carbocycles. The Balaban J connectivity index is 0.934. The Morgan fingerprint density at radius 3 is 1.40 bits per heavy atom. The maximum atomic E-state index is 6.41. The number of benzene rings is 12. The van der Waals surface area contributed by atoms with E-state index in [1.807, 2.05) is 18.2 Å². The smallest absolute Gasteiger partial charge is 0.135 e. The van der Waals surface area contributed by atoms with Crippen molar-refractivity contribution in [1.29, 1.82) is 0 Å². The van der Waals surface area contributed by atoms with Gasteiger partial charge in [0.15, 0.2) is 0 Å². The van der Waals surface area contributed by atoms with E-state index < -0.39 is 0 Å². The van der Waals surface area contributed by atoms with Crippen LogP contribution in [-0.2, 0) is 6.42 Å². The van der Waals surface area contributed by atoms with Gasteiger partial charge < -0.3 is 18.0 Å². The number of allylic oxidation sites excluding steroid dienone is 5. The summed E-state index contributed by atoms with van der Waals surface area (Å²) in [5.74, 6) is 2.19. The van der Waals surface area contributed by atoms with Gasteiger partial charge in [-0.1, -0.05) is 140 Å². The van der Waals surface area contributed by atoms with Crippen LogP contribution in [-0.4, -0.2) is 0 Å². The van der Waals surface area contributed by atoms with Crippen molar-refractivity contribution in [2.24, 2.45) is 0 Å². The summed E-state index contributed by atoms with van der Waals surface area (Å²) < 4.78 is 25.5. The van der Waals surface area contributed by atoms with Gasteiger partial charge in [-0.25, -0.2) is 0 Å². The molecule has 12 aromatic carbocycles. The van der Waals surface area contributed by atoms with Crippen molar-refractivity contribution in [1.82, 2.24) is 0 Å². The second kappa shape index (κ2) is 15.8. The van der Waals surface area contributed by atoms with Gasteiger partial charge >= 0.3 is 0 Å². The lowest BCUT2D eigenvalue weighted by atomic mass is 9.78. The van der Waals surface area contributed by atoms with Crippen LogP contribution in [0, 0.1) is 0 Å².